The fourth-order valence-electron chi connectivity index (χ4n) is 4.62. The van der Waals surface area contributed by atoms with Crippen LogP contribution in [-0.2, 0) is 20.7 Å². The van der Waals surface area contributed by atoms with E-state index in [9.17, 15) is 14.4 Å². The fourth-order valence-corrected chi connectivity index (χ4v) is 4.62. The zero-order valence-electron chi connectivity index (χ0n) is 25.5. The second-order valence-corrected chi connectivity index (χ2v) is 11.3. The number of alkyl carbamates (subject to hydrolysis) is 1. The van der Waals surface area contributed by atoms with E-state index in [-0.39, 0.29) is 18.2 Å². The molecule has 224 valence electrons. The number of amides is 3. The predicted molar refractivity (Wildman–Crippen MR) is 165 cm³/mol. The zero-order valence-corrected chi connectivity index (χ0v) is 25.5. The predicted octanol–water partition coefficient (Wildman–Crippen LogP) is 6.45. The molecule has 8 nitrogen and oxygen atoms in total. The van der Waals surface area contributed by atoms with Gasteiger partial charge in [0.2, 0.25) is 5.91 Å². The summed E-state index contributed by atoms with van der Waals surface area (Å²) in [5, 5.41) is 5.79. The Kier molecular flexibility index (Phi) is 11.5. The van der Waals surface area contributed by atoms with Crippen LogP contribution < -0.4 is 15.4 Å². The standard InChI is InChI=1S/C34H43N3O5/c1-7-8-22-37(32(39)29(23-25-15-10-9-11-16-25)36-33(40)42-34(3,4)5)30(28-17-13-12-14-24(28)2)31(38)35-26-18-20-27(41-6)21-19-26/h9-21,29-30H,7-8,22-23H2,1-6H3,(H,35,38)(H,36,40). The van der Waals surface area contributed by atoms with E-state index in [1.807, 2.05) is 68.4 Å². The molecule has 3 aromatic rings. The van der Waals surface area contributed by atoms with Gasteiger partial charge in [0.05, 0.1) is 7.11 Å². The molecule has 0 aliphatic rings. The smallest absolute Gasteiger partial charge is 0.408 e. The van der Waals surface area contributed by atoms with Crippen LogP contribution in [0.15, 0.2) is 78.9 Å². The maximum Gasteiger partial charge on any atom is 0.408 e. The molecule has 0 fully saturated rings. The number of nitrogens with zero attached hydrogens (tertiary/aromatic N) is 1. The number of nitrogens with one attached hydrogen (secondary N) is 2. The number of hydrogen-bond donors (Lipinski definition) is 2. The minimum Gasteiger partial charge on any atom is -0.497 e. The quantitative estimate of drug-likeness (QED) is 0.260. The molecule has 0 aromatic heterocycles. The van der Waals surface area contributed by atoms with Gasteiger partial charge in [-0.25, -0.2) is 4.79 Å². The first kappa shape index (κ1) is 32.2. The molecule has 2 unspecified atom stereocenters. The van der Waals surface area contributed by atoms with Crippen LogP contribution in [0, 0.1) is 6.92 Å². The normalized spacial score (nSPS) is 12.5. The topological polar surface area (TPSA) is 97.0 Å². The Labute approximate surface area is 249 Å². The maximum atomic E-state index is 14.5. The summed E-state index contributed by atoms with van der Waals surface area (Å²) in [6.45, 7) is 9.59. The Balaban J connectivity index is 2.04. The van der Waals surface area contributed by atoms with Crippen LogP contribution in [0.3, 0.4) is 0 Å². The van der Waals surface area contributed by atoms with Crippen molar-refractivity contribution in [3.8, 4) is 5.75 Å². The second-order valence-electron chi connectivity index (χ2n) is 11.3. The molecule has 8 heteroatoms. The Hall–Kier alpha value is -4.33. The minimum atomic E-state index is -0.959. The van der Waals surface area contributed by atoms with Crippen molar-refractivity contribution in [2.24, 2.45) is 0 Å². The van der Waals surface area contributed by atoms with E-state index in [0.29, 0.717) is 30.0 Å². The Bertz CT molecular complexity index is 1320. The second kappa shape index (κ2) is 15.1. The van der Waals surface area contributed by atoms with Crippen molar-refractivity contribution in [2.45, 2.75) is 71.6 Å². The number of methoxy groups -OCH3 is 1. The molecule has 0 saturated carbocycles. The van der Waals surface area contributed by atoms with Gasteiger partial charge < -0.3 is 25.0 Å². The summed E-state index contributed by atoms with van der Waals surface area (Å²) < 4.78 is 10.8. The van der Waals surface area contributed by atoms with E-state index in [0.717, 1.165) is 17.5 Å². The lowest BCUT2D eigenvalue weighted by atomic mass is 9.96. The minimum absolute atomic E-state index is 0.238. The van der Waals surface area contributed by atoms with E-state index in [1.54, 1.807) is 57.0 Å². The molecule has 0 aliphatic heterocycles. The van der Waals surface area contributed by atoms with Crippen LogP contribution >= 0.6 is 0 Å². The monoisotopic (exact) mass is 573 g/mol. The molecule has 3 aromatic carbocycles. The summed E-state index contributed by atoms with van der Waals surface area (Å²) in [7, 11) is 1.58. The molecule has 2 atom stereocenters. The molecule has 3 rings (SSSR count). The van der Waals surface area contributed by atoms with Gasteiger partial charge in [0, 0.05) is 18.7 Å². The molecule has 0 saturated heterocycles. The van der Waals surface area contributed by atoms with Crippen LogP contribution in [-0.4, -0.2) is 48.1 Å². The van der Waals surface area contributed by atoms with Crippen molar-refractivity contribution in [3.63, 3.8) is 0 Å². The number of unbranched alkanes of at least 4 members (excludes halogenated alkanes) is 1. The lowest BCUT2D eigenvalue weighted by Gasteiger charge is -2.35. The van der Waals surface area contributed by atoms with Crippen LogP contribution in [0.1, 0.15) is 63.3 Å². The van der Waals surface area contributed by atoms with E-state index in [1.165, 1.54) is 0 Å². The highest BCUT2D eigenvalue weighted by Crippen LogP contribution is 2.28. The fraction of sp³-hybridized carbons (Fsp3) is 0.382. The van der Waals surface area contributed by atoms with Crippen molar-refractivity contribution < 1.29 is 23.9 Å². The van der Waals surface area contributed by atoms with Gasteiger partial charge in [0.25, 0.3) is 5.91 Å². The lowest BCUT2D eigenvalue weighted by molar-refractivity contribution is -0.140. The third-order valence-corrected chi connectivity index (χ3v) is 6.71. The SMILES string of the molecule is CCCCN(C(=O)C(Cc1ccccc1)NC(=O)OC(C)(C)C)C(C(=O)Nc1ccc(OC)cc1)c1ccccc1C. The van der Waals surface area contributed by atoms with Crippen molar-refractivity contribution in [1.29, 1.82) is 0 Å². The number of hydrogen-bond acceptors (Lipinski definition) is 5. The highest BCUT2D eigenvalue weighted by Gasteiger charge is 2.36. The zero-order chi connectivity index (χ0) is 30.7. The summed E-state index contributed by atoms with van der Waals surface area (Å²) >= 11 is 0. The third kappa shape index (κ3) is 9.36. The molecule has 42 heavy (non-hydrogen) atoms. The maximum absolute atomic E-state index is 14.5. The van der Waals surface area contributed by atoms with Crippen LogP contribution in [0.2, 0.25) is 0 Å². The van der Waals surface area contributed by atoms with Gasteiger partial charge in [-0.15, -0.1) is 0 Å². The van der Waals surface area contributed by atoms with Gasteiger partial charge in [-0.3, -0.25) is 9.59 Å². The molecular formula is C34H43N3O5. The summed E-state index contributed by atoms with van der Waals surface area (Å²) in [4.78, 5) is 43.1. The first-order chi connectivity index (χ1) is 20.0. The van der Waals surface area contributed by atoms with Gasteiger partial charge in [-0.2, -0.15) is 0 Å². The van der Waals surface area contributed by atoms with E-state index in [2.05, 4.69) is 10.6 Å². The van der Waals surface area contributed by atoms with Crippen molar-refractivity contribution in [2.75, 3.05) is 19.0 Å². The largest absolute Gasteiger partial charge is 0.497 e. The molecular weight excluding hydrogens is 530 g/mol. The molecule has 0 aliphatic carbocycles. The molecule has 0 bridgehead atoms. The molecule has 0 spiro atoms. The third-order valence-electron chi connectivity index (χ3n) is 6.71. The lowest BCUT2D eigenvalue weighted by Crippen LogP contribution is -2.53. The van der Waals surface area contributed by atoms with Crippen LogP contribution in [0.25, 0.3) is 0 Å². The van der Waals surface area contributed by atoms with E-state index in [4.69, 9.17) is 9.47 Å². The summed E-state index contributed by atoms with van der Waals surface area (Å²) in [6, 6.07) is 22.2. The first-order valence-corrected chi connectivity index (χ1v) is 14.4. The van der Waals surface area contributed by atoms with Crippen LogP contribution in [0.4, 0.5) is 10.5 Å². The number of anilines is 1. The van der Waals surface area contributed by atoms with Gasteiger partial charge in [-0.1, -0.05) is 67.9 Å². The number of ether oxygens (including phenoxy) is 2. The highest BCUT2D eigenvalue weighted by atomic mass is 16.6. The van der Waals surface area contributed by atoms with Crippen molar-refractivity contribution >= 4 is 23.6 Å². The van der Waals surface area contributed by atoms with Gasteiger partial charge in [-0.05, 0) is 75.1 Å². The van der Waals surface area contributed by atoms with Gasteiger partial charge in [0.15, 0.2) is 0 Å². The highest BCUT2D eigenvalue weighted by molar-refractivity contribution is 5.99. The Morgan fingerprint density at radius 2 is 1.55 bits per heavy atom. The summed E-state index contributed by atoms with van der Waals surface area (Å²) in [6.07, 6.45) is 1.03. The molecule has 2 N–H and O–H groups in total. The molecule has 3 amide bonds. The first-order valence-electron chi connectivity index (χ1n) is 14.4. The molecule has 0 radical (unpaired) electrons. The van der Waals surface area contributed by atoms with E-state index < -0.39 is 23.8 Å². The molecule has 0 heterocycles. The van der Waals surface area contributed by atoms with Crippen molar-refractivity contribution in [1.82, 2.24) is 10.2 Å². The van der Waals surface area contributed by atoms with Crippen molar-refractivity contribution in [3.05, 3.63) is 95.6 Å². The number of aryl methyl sites for hydroxylation is 1. The summed E-state index contributed by atoms with van der Waals surface area (Å²) in [5.74, 6) is -0.0499. The number of carbonyl (C=O) groups excluding carboxylic acids is 3. The Morgan fingerprint density at radius 3 is 2.14 bits per heavy atom. The average Bonchev–Trinajstić information content (AvgIpc) is 2.95. The van der Waals surface area contributed by atoms with E-state index >= 15 is 0 Å². The van der Waals surface area contributed by atoms with Gasteiger partial charge >= 0.3 is 6.09 Å². The number of carbonyl (C=O) groups is 3. The number of benzene rings is 3. The number of rotatable bonds is 12. The van der Waals surface area contributed by atoms with Crippen LogP contribution in [0.5, 0.6) is 5.75 Å². The summed E-state index contributed by atoms with van der Waals surface area (Å²) in [5.41, 5.74) is 2.30. The average molecular weight is 574 g/mol. The Morgan fingerprint density at radius 1 is 0.905 bits per heavy atom. The van der Waals surface area contributed by atoms with Gasteiger partial charge in [0.1, 0.15) is 23.4 Å².